The van der Waals surface area contributed by atoms with Crippen LogP contribution in [0.25, 0.3) is 0 Å². The highest BCUT2D eigenvalue weighted by atomic mass is 28.1. The lowest BCUT2D eigenvalue weighted by molar-refractivity contribution is 0.0788. The molecule has 0 atom stereocenters. The summed E-state index contributed by atoms with van der Waals surface area (Å²) in [7, 11) is 1.16. The molecule has 0 amide bonds. The standard InChI is InChI=1S/C12H27NSi/c1-9(10(2)14)13(11(3,4)5)12(6,7)8/h1-8,14H3. The third-order valence-electron chi connectivity index (χ3n) is 2.40. The molecule has 0 unspecified atom stereocenters. The quantitative estimate of drug-likeness (QED) is 0.605. The third kappa shape index (κ3) is 3.49. The van der Waals surface area contributed by atoms with Crippen LogP contribution in [0, 0.1) is 0 Å². The van der Waals surface area contributed by atoms with Crippen molar-refractivity contribution < 1.29 is 0 Å². The molecule has 0 aliphatic rings. The number of rotatable bonds is 1. The average Bonchev–Trinajstić information content (AvgIpc) is 1.79. The van der Waals surface area contributed by atoms with E-state index in [1.54, 1.807) is 0 Å². The van der Waals surface area contributed by atoms with E-state index in [4.69, 9.17) is 0 Å². The van der Waals surface area contributed by atoms with Crippen molar-refractivity contribution in [2.45, 2.75) is 66.5 Å². The molecule has 0 saturated carbocycles. The highest BCUT2D eigenvalue weighted by molar-refractivity contribution is 6.21. The van der Waals surface area contributed by atoms with Gasteiger partial charge in [0.1, 0.15) is 0 Å². The second-order valence-corrected chi connectivity index (χ2v) is 7.76. The first-order chi connectivity index (χ1) is 5.98. The summed E-state index contributed by atoms with van der Waals surface area (Å²) >= 11 is 0. The molecular formula is C12H27NSi. The van der Waals surface area contributed by atoms with Crippen molar-refractivity contribution in [1.82, 2.24) is 4.90 Å². The lowest BCUT2D eigenvalue weighted by Crippen LogP contribution is -2.51. The van der Waals surface area contributed by atoms with E-state index in [0.29, 0.717) is 0 Å². The maximum atomic E-state index is 2.53. The first kappa shape index (κ1) is 13.8. The highest BCUT2D eigenvalue weighted by Crippen LogP contribution is 2.30. The Morgan fingerprint density at radius 2 is 1.14 bits per heavy atom. The Morgan fingerprint density at radius 1 is 0.857 bits per heavy atom. The van der Waals surface area contributed by atoms with Crippen molar-refractivity contribution in [3.05, 3.63) is 10.9 Å². The van der Waals surface area contributed by atoms with Gasteiger partial charge in [-0.25, -0.2) is 0 Å². The van der Waals surface area contributed by atoms with Crippen LogP contribution >= 0.6 is 0 Å². The van der Waals surface area contributed by atoms with Crippen LogP contribution < -0.4 is 0 Å². The van der Waals surface area contributed by atoms with Crippen LogP contribution in [0.2, 0.25) is 0 Å². The summed E-state index contributed by atoms with van der Waals surface area (Å²) in [5, 5.41) is 1.54. The van der Waals surface area contributed by atoms with E-state index in [1.807, 2.05) is 0 Å². The maximum absolute atomic E-state index is 2.53. The molecule has 0 N–H and O–H groups in total. The fourth-order valence-electron chi connectivity index (χ4n) is 2.24. The minimum absolute atomic E-state index is 0.202. The maximum Gasteiger partial charge on any atom is 0.0351 e. The molecule has 84 valence electrons. The Kier molecular flexibility index (Phi) is 4.02. The molecule has 2 heteroatoms. The Hall–Kier alpha value is -0.243. The monoisotopic (exact) mass is 213 g/mol. The van der Waals surface area contributed by atoms with E-state index < -0.39 is 0 Å². The first-order valence-electron chi connectivity index (χ1n) is 5.42. The largest absolute Gasteiger partial charge is 0.366 e. The second-order valence-electron chi connectivity index (χ2n) is 6.26. The normalized spacial score (nSPS) is 15.4. The highest BCUT2D eigenvalue weighted by Gasteiger charge is 2.31. The van der Waals surface area contributed by atoms with Crippen LogP contribution in [0.5, 0.6) is 0 Å². The van der Waals surface area contributed by atoms with Crippen molar-refractivity contribution in [2.24, 2.45) is 0 Å². The van der Waals surface area contributed by atoms with Gasteiger partial charge in [-0.1, -0.05) is 5.20 Å². The molecule has 0 heterocycles. The summed E-state index contributed by atoms with van der Waals surface area (Å²) in [6.45, 7) is 18.2. The van der Waals surface area contributed by atoms with E-state index in [-0.39, 0.29) is 11.1 Å². The Morgan fingerprint density at radius 3 is 1.21 bits per heavy atom. The number of hydrogen-bond acceptors (Lipinski definition) is 1. The predicted molar refractivity (Wildman–Crippen MR) is 69.7 cm³/mol. The van der Waals surface area contributed by atoms with Gasteiger partial charge in [0, 0.05) is 27.0 Å². The Labute approximate surface area is 93.0 Å². The van der Waals surface area contributed by atoms with E-state index in [9.17, 15) is 0 Å². The van der Waals surface area contributed by atoms with Gasteiger partial charge in [0.2, 0.25) is 0 Å². The number of allylic oxidation sites excluding steroid dienone is 2. The van der Waals surface area contributed by atoms with Crippen molar-refractivity contribution in [2.75, 3.05) is 0 Å². The molecule has 14 heavy (non-hydrogen) atoms. The van der Waals surface area contributed by atoms with E-state index >= 15 is 0 Å². The van der Waals surface area contributed by atoms with Gasteiger partial charge in [0.05, 0.1) is 0 Å². The van der Waals surface area contributed by atoms with Gasteiger partial charge in [-0.3, -0.25) is 0 Å². The van der Waals surface area contributed by atoms with Crippen molar-refractivity contribution in [3.8, 4) is 0 Å². The molecule has 0 fully saturated rings. The van der Waals surface area contributed by atoms with Gasteiger partial charge in [-0.15, -0.1) is 0 Å². The van der Waals surface area contributed by atoms with Crippen LogP contribution in [0.15, 0.2) is 10.9 Å². The van der Waals surface area contributed by atoms with Crippen LogP contribution in [0.1, 0.15) is 55.4 Å². The molecule has 0 radical (unpaired) electrons. The molecule has 0 aromatic rings. The van der Waals surface area contributed by atoms with Gasteiger partial charge in [0.15, 0.2) is 0 Å². The van der Waals surface area contributed by atoms with Gasteiger partial charge in [-0.2, -0.15) is 0 Å². The molecule has 0 aliphatic heterocycles. The Bertz CT molecular complexity index is 210. The minimum Gasteiger partial charge on any atom is -0.366 e. The summed E-state index contributed by atoms with van der Waals surface area (Å²) in [5.74, 6) is 0. The SMILES string of the molecule is CC([SiH3])=C(C)N(C(C)(C)C)C(C)(C)C. The van der Waals surface area contributed by atoms with Crippen LogP contribution in [-0.4, -0.2) is 26.2 Å². The van der Waals surface area contributed by atoms with Crippen molar-refractivity contribution in [1.29, 1.82) is 0 Å². The summed E-state index contributed by atoms with van der Waals surface area (Å²) in [5.41, 5.74) is 1.86. The lowest BCUT2D eigenvalue weighted by Gasteiger charge is -2.48. The Balaban J connectivity index is 5.27. The van der Waals surface area contributed by atoms with Gasteiger partial charge in [0.25, 0.3) is 0 Å². The predicted octanol–water partition coefficient (Wildman–Crippen LogP) is 2.50. The summed E-state index contributed by atoms with van der Waals surface area (Å²) in [4.78, 5) is 2.53. The fraction of sp³-hybridized carbons (Fsp3) is 0.833. The zero-order valence-electron chi connectivity index (χ0n) is 11.4. The van der Waals surface area contributed by atoms with Gasteiger partial charge in [-0.05, 0) is 55.4 Å². The second kappa shape index (κ2) is 4.09. The smallest absolute Gasteiger partial charge is 0.0351 e. The molecule has 1 nitrogen and oxygen atoms in total. The molecular weight excluding hydrogens is 186 g/mol. The van der Waals surface area contributed by atoms with Crippen LogP contribution in [0.4, 0.5) is 0 Å². The fourth-order valence-corrected chi connectivity index (χ4v) is 2.46. The van der Waals surface area contributed by atoms with E-state index in [2.05, 4.69) is 60.3 Å². The van der Waals surface area contributed by atoms with Crippen LogP contribution in [0.3, 0.4) is 0 Å². The van der Waals surface area contributed by atoms with E-state index in [1.165, 1.54) is 10.9 Å². The number of hydrogen-bond donors (Lipinski definition) is 0. The van der Waals surface area contributed by atoms with E-state index in [0.717, 1.165) is 10.2 Å². The zero-order chi connectivity index (χ0) is 11.7. The van der Waals surface area contributed by atoms with Gasteiger partial charge < -0.3 is 4.90 Å². The minimum atomic E-state index is 0.202. The zero-order valence-corrected chi connectivity index (χ0v) is 13.4. The molecule has 0 bridgehead atoms. The average molecular weight is 213 g/mol. The lowest BCUT2D eigenvalue weighted by atomic mass is 9.95. The molecule has 0 aliphatic carbocycles. The summed E-state index contributed by atoms with van der Waals surface area (Å²) in [6.07, 6.45) is 0. The number of nitrogens with zero attached hydrogens (tertiary/aromatic N) is 1. The molecule has 0 saturated heterocycles. The molecule has 0 rings (SSSR count). The summed E-state index contributed by atoms with van der Waals surface area (Å²) in [6, 6.07) is 0. The first-order valence-corrected chi connectivity index (χ1v) is 6.42. The van der Waals surface area contributed by atoms with Crippen molar-refractivity contribution in [3.63, 3.8) is 0 Å². The van der Waals surface area contributed by atoms with Crippen molar-refractivity contribution >= 4 is 10.2 Å². The third-order valence-corrected chi connectivity index (χ3v) is 3.12. The summed E-state index contributed by atoms with van der Waals surface area (Å²) < 4.78 is 0. The molecule has 0 spiro atoms. The van der Waals surface area contributed by atoms with Crippen LogP contribution in [-0.2, 0) is 0 Å². The topological polar surface area (TPSA) is 3.24 Å². The molecule has 0 aromatic heterocycles. The molecule has 0 aromatic carbocycles. The van der Waals surface area contributed by atoms with Gasteiger partial charge >= 0.3 is 0 Å².